The second-order valence-corrected chi connectivity index (χ2v) is 6.51. The highest BCUT2D eigenvalue weighted by Gasteiger charge is 2.07. The van der Waals surface area contributed by atoms with E-state index >= 15 is 0 Å². The third-order valence-electron chi connectivity index (χ3n) is 3.01. The minimum Gasteiger partial charge on any atom is -0.331 e. The van der Waals surface area contributed by atoms with Crippen LogP contribution in [0.3, 0.4) is 0 Å². The Morgan fingerprint density at radius 2 is 2.22 bits per heavy atom. The maximum atomic E-state index is 5.41. The van der Waals surface area contributed by atoms with Gasteiger partial charge in [-0.05, 0) is 54.4 Å². The highest BCUT2D eigenvalue weighted by molar-refractivity contribution is 9.10. The van der Waals surface area contributed by atoms with Crippen LogP contribution in [0, 0.1) is 11.7 Å². The van der Waals surface area contributed by atoms with Crippen molar-refractivity contribution in [2.75, 3.05) is 0 Å². The standard InChI is InChI=1S/C13H11BrN2S2/c1-8-4-5-18-12(8)7-16-11-3-2-9(14)6-10(11)15-13(16)17/h2-6H,7H2,1H3,(H,15,17). The van der Waals surface area contributed by atoms with Crippen molar-refractivity contribution >= 4 is 50.5 Å². The van der Waals surface area contributed by atoms with Gasteiger partial charge in [0.2, 0.25) is 0 Å². The Bertz CT molecular complexity index is 767. The lowest BCUT2D eigenvalue weighted by molar-refractivity contribution is 0.819. The van der Waals surface area contributed by atoms with Gasteiger partial charge in [-0.25, -0.2) is 0 Å². The summed E-state index contributed by atoms with van der Waals surface area (Å²) in [6, 6.07) is 8.34. The largest absolute Gasteiger partial charge is 0.331 e. The Labute approximate surface area is 122 Å². The molecular weight excluding hydrogens is 328 g/mol. The molecule has 0 bridgehead atoms. The molecule has 0 saturated carbocycles. The number of nitrogens with one attached hydrogen (secondary N) is 1. The predicted octanol–water partition coefficient (Wildman–Crippen LogP) is 4.88. The van der Waals surface area contributed by atoms with E-state index in [4.69, 9.17) is 12.2 Å². The first-order valence-electron chi connectivity index (χ1n) is 5.56. The lowest BCUT2D eigenvalue weighted by Gasteiger charge is -2.04. The maximum Gasteiger partial charge on any atom is 0.178 e. The molecule has 2 heterocycles. The molecule has 2 aromatic heterocycles. The molecule has 0 atom stereocenters. The molecule has 2 nitrogen and oxygen atoms in total. The molecule has 0 unspecified atom stereocenters. The van der Waals surface area contributed by atoms with Crippen LogP contribution >= 0.6 is 39.5 Å². The van der Waals surface area contributed by atoms with E-state index in [1.54, 1.807) is 11.3 Å². The van der Waals surface area contributed by atoms with Crippen LogP contribution in [0.15, 0.2) is 34.1 Å². The number of aryl methyl sites for hydroxylation is 1. The van der Waals surface area contributed by atoms with Gasteiger partial charge in [0.05, 0.1) is 17.6 Å². The zero-order chi connectivity index (χ0) is 12.7. The maximum absolute atomic E-state index is 5.41. The van der Waals surface area contributed by atoms with Crippen molar-refractivity contribution in [3.63, 3.8) is 0 Å². The summed E-state index contributed by atoms with van der Waals surface area (Å²) in [5, 5.41) is 2.12. The van der Waals surface area contributed by atoms with Crippen LogP contribution in [0.4, 0.5) is 0 Å². The van der Waals surface area contributed by atoms with Gasteiger partial charge in [0.25, 0.3) is 0 Å². The average Bonchev–Trinajstić information content (AvgIpc) is 2.85. The molecule has 92 valence electrons. The van der Waals surface area contributed by atoms with E-state index in [1.165, 1.54) is 10.4 Å². The van der Waals surface area contributed by atoms with Gasteiger partial charge >= 0.3 is 0 Å². The van der Waals surface area contributed by atoms with Gasteiger partial charge < -0.3 is 9.55 Å². The van der Waals surface area contributed by atoms with Gasteiger partial charge in [-0.1, -0.05) is 15.9 Å². The highest BCUT2D eigenvalue weighted by atomic mass is 79.9. The van der Waals surface area contributed by atoms with E-state index in [9.17, 15) is 0 Å². The summed E-state index contributed by atoms with van der Waals surface area (Å²) < 4.78 is 3.98. The topological polar surface area (TPSA) is 20.7 Å². The van der Waals surface area contributed by atoms with Crippen LogP contribution in [-0.2, 0) is 6.54 Å². The normalized spacial score (nSPS) is 11.2. The Hall–Kier alpha value is -0.910. The SMILES string of the molecule is Cc1ccsc1Cn1c(=S)[nH]c2cc(Br)ccc21. The summed E-state index contributed by atoms with van der Waals surface area (Å²) in [7, 11) is 0. The van der Waals surface area contributed by atoms with Crippen molar-refractivity contribution in [3.8, 4) is 0 Å². The number of fused-ring (bicyclic) bond motifs is 1. The third kappa shape index (κ3) is 2.06. The molecule has 1 aromatic carbocycles. The monoisotopic (exact) mass is 338 g/mol. The van der Waals surface area contributed by atoms with E-state index in [0.29, 0.717) is 0 Å². The molecule has 0 radical (unpaired) electrons. The predicted molar refractivity (Wildman–Crippen MR) is 83.0 cm³/mol. The number of H-pyrrole nitrogens is 1. The summed E-state index contributed by atoms with van der Waals surface area (Å²) >= 11 is 10.7. The number of benzene rings is 1. The number of aromatic nitrogens is 2. The fourth-order valence-corrected chi connectivity index (χ4v) is 3.53. The van der Waals surface area contributed by atoms with Crippen molar-refractivity contribution in [2.45, 2.75) is 13.5 Å². The minimum absolute atomic E-state index is 0.774. The van der Waals surface area contributed by atoms with E-state index in [-0.39, 0.29) is 0 Å². The number of nitrogens with zero attached hydrogens (tertiary/aromatic N) is 1. The Morgan fingerprint density at radius 3 is 2.94 bits per heavy atom. The van der Waals surface area contributed by atoms with Crippen molar-refractivity contribution < 1.29 is 0 Å². The van der Waals surface area contributed by atoms with Crippen molar-refractivity contribution in [1.82, 2.24) is 9.55 Å². The quantitative estimate of drug-likeness (QED) is 0.660. The van der Waals surface area contributed by atoms with Crippen LogP contribution in [-0.4, -0.2) is 9.55 Å². The van der Waals surface area contributed by atoms with Crippen LogP contribution in [0.5, 0.6) is 0 Å². The lowest BCUT2D eigenvalue weighted by Crippen LogP contribution is -1.98. The summed E-state index contributed by atoms with van der Waals surface area (Å²) in [6.07, 6.45) is 0. The Balaban J connectivity index is 2.15. The number of rotatable bonds is 2. The average molecular weight is 339 g/mol. The minimum atomic E-state index is 0.774. The molecule has 3 rings (SSSR count). The van der Waals surface area contributed by atoms with E-state index in [2.05, 4.69) is 56.0 Å². The summed E-state index contributed by atoms with van der Waals surface area (Å²) in [5.74, 6) is 0. The fraction of sp³-hybridized carbons (Fsp3) is 0.154. The van der Waals surface area contributed by atoms with Gasteiger partial charge in [0.1, 0.15) is 0 Å². The molecule has 18 heavy (non-hydrogen) atoms. The Kier molecular flexibility index (Phi) is 3.13. The second-order valence-electron chi connectivity index (χ2n) is 4.20. The molecule has 5 heteroatoms. The summed E-state index contributed by atoms with van der Waals surface area (Å²) in [6.45, 7) is 2.98. The summed E-state index contributed by atoms with van der Waals surface area (Å²) in [4.78, 5) is 4.61. The molecule has 0 aliphatic rings. The van der Waals surface area contributed by atoms with Gasteiger partial charge in [-0.15, -0.1) is 11.3 Å². The molecule has 3 aromatic rings. The van der Waals surface area contributed by atoms with Crippen LogP contribution in [0.2, 0.25) is 0 Å². The van der Waals surface area contributed by atoms with Crippen molar-refractivity contribution in [3.05, 3.63) is 49.3 Å². The smallest absolute Gasteiger partial charge is 0.178 e. The van der Waals surface area contributed by atoms with E-state index in [1.807, 2.05) is 6.07 Å². The van der Waals surface area contributed by atoms with Gasteiger partial charge in [-0.3, -0.25) is 0 Å². The molecule has 0 amide bonds. The van der Waals surface area contributed by atoms with Gasteiger partial charge in [0, 0.05) is 9.35 Å². The lowest BCUT2D eigenvalue weighted by atomic mass is 10.3. The molecule has 0 fully saturated rings. The third-order valence-corrected chi connectivity index (χ3v) is 4.83. The number of aromatic amines is 1. The van der Waals surface area contributed by atoms with Crippen molar-refractivity contribution in [2.24, 2.45) is 0 Å². The van der Waals surface area contributed by atoms with Crippen molar-refractivity contribution in [1.29, 1.82) is 0 Å². The number of hydrogen-bond acceptors (Lipinski definition) is 2. The summed E-state index contributed by atoms with van der Waals surface area (Å²) in [5.41, 5.74) is 3.55. The zero-order valence-electron chi connectivity index (χ0n) is 9.74. The van der Waals surface area contributed by atoms with Gasteiger partial charge in [-0.2, -0.15) is 0 Å². The number of imidazole rings is 1. The highest BCUT2D eigenvalue weighted by Crippen LogP contribution is 2.23. The van der Waals surface area contributed by atoms with E-state index < -0.39 is 0 Å². The van der Waals surface area contributed by atoms with E-state index in [0.717, 1.165) is 26.8 Å². The molecular formula is C13H11BrN2S2. The molecule has 0 spiro atoms. The number of thiophene rings is 1. The molecule has 0 aliphatic heterocycles. The van der Waals surface area contributed by atoms with Crippen LogP contribution in [0.1, 0.15) is 10.4 Å². The number of hydrogen-bond donors (Lipinski definition) is 1. The van der Waals surface area contributed by atoms with Crippen LogP contribution in [0.25, 0.3) is 11.0 Å². The van der Waals surface area contributed by atoms with Crippen LogP contribution < -0.4 is 0 Å². The second kappa shape index (κ2) is 4.64. The first-order chi connectivity index (χ1) is 8.65. The number of halogens is 1. The molecule has 0 saturated heterocycles. The molecule has 1 N–H and O–H groups in total. The fourth-order valence-electron chi connectivity index (χ4n) is 2.00. The van der Waals surface area contributed by atoms with Gasteiger partial charge in [0.15, 0.2) is 4.77 Å². The Morgan fingerprint density at radius 1 is 1.39 bits per heavy atom. The first-order valence-corrected chi connectivity index (χ1v) is 7.64. The molecule has 0 aliphatic carbocycles. The first kappa shape index (κ1) is 12.1. The zero-order valence-corrected chi connectivity index (χ0v) is 13.0.